The molecule has 0 spiro atoms. The highest BCUT2D eigenvalue weighted by molar-refractivity contribution is 7.59. The topological polar surface area (TPSA) is 20.2 Å². The van der Waals surface area contributed by atoms with E-state index in [-0.39, 0.29) is 0 Å². The average molecular weight is 154 g/mol. The molecule has 0 aliphatic rings. The van der Waals surface area contributed by atoms with Crippen molar-refractivity contribution in [2.45, 2.75) is 6.92 Å². The maximum Gasteiger partial charge on any atom is 0.0531 e. The van der Waals surface area contributed by atoms with Crippen molar-refractivity contribution in [3.63, 3.8) is 0 Å². The van der Waals surface area contributed by atoms with Crippen LogP contribution in [0, 0.1) is 6.92 Å². The molecule has 0 fully saturated rings. The first-order valence-electron chi connectivity index (χ1n) is 3.19. The lowest BCUT2D eigenvalue weighted by molar-refractivity contribution is 0.641. The quantitative estimate of drug-likeness (QED) is 0.609. The molecule has 0 heterocycles. The molecule has 0 aliphatic heterocycles. The molecule has 1 unspecified atom stereocenters. The minimum absolute atomic E-state index is 0.912. The summed E-state index contributed by atoms with van der Waals surface area (Å²) in [5.74, 6) is 0. The van der Waals surface area contributed by atoms with Gasteiger partial charge in [-0.15, -0.1) is 0 Å². The van der Waals surface area contributed by atoms with Gasteiger partial charge in [-0.05, 0) is 19.7 Å². The second kappa shape index (κ2) is 3.14. The lowest BCUT2D eigenvalue weighted by Gasteiger charge is -2.03. The van der Waals surface area contributed by atoms with Gasteiger partial charge in [0.1, 0.15) is 0 Å². The Morgan fingerprint density at radius 1 is 1.40 bits per heavy atom. The zero-order valence-electron chi connectivity index (χ0n) is 6.20. The smallest absolute Gasteiger partial charge is 0.0531 e. The highest BCUT2D eigenvalue weighted by Crippen LogP contribution is 2.22. The molecule has 1 aromatic rings. The van der Waals surface area contributed by atoms with Crippen molar-refractivity contribution in [2.24, 2.45) is 0 Å². The lowest BCUT2D eigenvalue weighted by Crippen LogP contribution is -1.98. The second-order valence-electron chi connectivity index (χ2n) is 2.36. The first-order valence-corrected chi connectivity index (χ1v) is 4.93. The molecule has 0 radical (unpaired) electrons. The summed E-state index contributed by atoms with van der Waals surface area (Å²) in [6.07, 6.45) is 0. The Balaban J connectivity index is 2.96. The molecule has 0 amide bonds. The van der Waals surface area contributed by atoms with Crippen molar-refractivity contribution in [3.05, 3.63) is 29.8 Å². The van der Waals surface area contributed by atoms with E-state index in [1.54, 1.807) is 0 Å². The Hall–Kier alpha value is -0.390. The van der Waals surface area contributed by atoms with Crippen molar-refractivity contribution >= 4 is 13.5 Å². The molecule has 0 bridgehead atoms. The third-order valence-electron chi connectivity index (χ3n) is 1.38. The molecule has 10 heavy (non-hydrogen) atoms. The number of rotatable bonds is 1. The summed E-state index contributed by atoms with van der Waals surface area (Å²) < 4.78 is 0. The Morgan fingerprint density at radius 2 is 2.10 bits per heavy atom. The van der Waals surface area contributed by atoms with Gasteiger partial charge in [0, 0.05) is 5.30 Å². The maximum atomic E-state index is 9.21. The third-order valence-corrected chi connectivity index (χ3v) is 2.40. The zero-order valence-corrected chi connectivity index (χ0v) is 7.10. The van der Waals surface area contributed by atoms with Crippen LogP contribution in [0.4, 0.5) is 0 Å². The summed E-state index contributed by atoms with van der Waals surface area (Å²) in [6, 6.07) is 7.98. The Kier molecular flexibility index (Phi) is 2.42. The van der Waals surface area contributed by atoms with Crippen molar-refractivity contribution < 1.29 is 4.89 Å². The van der Waals surface area contributed by atoms with Crippen LogP contribution in [-0.2, 0) is 0 Å². The van der Waals surface area contributed by atoms with Gasteiger partial charge in [0.05, 0.1) is 8.15 Å². The van der Waals surface area contributed by atoms with Crippen molar-refractivity contribution in [2.75, 3.05) is 6.66 Å². The van der Waals surface area contributed by atoms with E-state index in [0.717, 1.165) is 5.30 Å². The van der Waals surface area contributed by atoms with Gasteiger partial charge < -0.3 is 4.89 Å². The zero-order chi connectivity index (χ0) is 7.56. The maximum absolute atomic E-state index is 9.21. The van der Waals surface area contributed by atoms with Crippen LogP contribution >= 0.6 is 8.15 Å². The Bertz CT molecular complexity index is 220. The lowest BCUT2D eigenvalue weighted by atomic mass is 10.2. The van der Waals surface area contributed by atoms with E-state index >= 15 is 0 Å². The van der Waals surface area contributed by atoms with E-state index in [4.69, 9.17) is 0 Å². The fourth-order valence-corrected chi connectivity index (χ4v) is 1.52. The normalized spacial score (nSPS) is 13.1. The molecule has 1 N–H and O–H groups in total. The number of aryl methyl sites for hydroxylation is 1. The molecular formula is C8H11OP. The summed E-state index contributed by atoms with van der Waals surface area (Å²) in [5, 5.41) is 1.05. The van der Waals surface area contributed by atoms with Crippen LogP contribution in [0.2, 0.25) is 0 Å². The highest BCUT2D eigenvalue weighted by Gasteiger charge is 1.97. The largest absolute Gasteiger partial charge is 0.369 e. The van der Waals surface area contributed by atoms with E-state index in [1.165, 1.54) is 5.56 Å². The van der Waals surface area contributed by atoms with Crippen molar-refractivity contribution in [1.82, 2.24) is 0 Å². The van der Waals surface area contributed by atoms with E-state index < -0.39 is 8.15 Å². The highest BCUT2D eigenvalue weighted by atomic mass is 31.1. The fourth-order valence-electron chi connectivity index (χ4n) is 0.829. The van der Waals surface area contributed by atoms with Crippen LogP contribution in [0.5, 0.6) is 0 Å². The molecular weight excluding hydrogens is 143 g/mol. The number of hydrogen-bond acceptors (Lipinski definition) is 1. The minimum atomic E-state index is -0.912. The predicted octanol–water partition coefficient (Wildman–Crippen LogP) is 1.64. The SMILES string of the molecule is Cc1cccc(P(C)O)c1. The van der Waals surface area contributed by atoms with Gasteiger partial charge in [-0.2, -0.15) is 0 Å². The van der Waals surface area contributed by atoms with Crippen LogP contribution in [-0.4, -0.2) is 11.6 Å². The molecule has 1 nitrogen and oxygen atoms in total. The molecule has 1 rings (SSSR count). The summed E-state index contributed by atoms with van der Waals surface area (Å²) in [4.78, 5) is 9.21. The van der Waals surface area contributed by atoms with E-state index in [1.807, 2.05) is 37.9 Å². The molecule has 1 aromatic carbocycles. The molecule has 2 heteroatoms. The summed E-state index contributed by atoms with van der Waals surface area (Å²) in [6.45, 7) is 3.87. The third kappa shape index (κ3) is 1.80. The summed E-state index contributed by atoms with van der Waals surface area (Å²) in [5.41, 5.74) is 1.21. The summed E-state index contributed by atoms with van der Waals surface area (Å²) in [7, 11) is -0.912. The van der Waals surface area contributed by atoms with Gasteiger partial charge in [0.15, 0.2) is 0 Å². The Labute approximate surface area is 62.5 Å². The van der Waals surface area contributed by atoms with Crippen LogP contribution in [0.1, 0.15) is 5.56 Å². The fraction of sp³-hybridized carbons (Fsp3) is 0.250. The van der Waals surface area contributed by atoms with Crippen molar-refractivity contribution in [1.29, 1.82) is 0 Å². The van der Waals surface area contributed by atoms with Gasteiger partial charge in [0.2, 0.25) is 0 Å². The van der Waals surface area contributed by atoms with E-state index in [9.17, 15) is 4.89 Å². The molecule has 0 saturated carbocycles. The predicted molar refractivity (Wildman–Crippen MR) is 45.9 cm³/mol. The molecule has 0 aromatic heterocycles. The Morgan fingerprint density at radius 3 is 2.50 bits per heavy atom. The van der Waals surface area contributed by atoms with Gasteiger partial charge in [-0.1, -0.05) is 23.8 Å². The average Bonchev–Trinajstić information content (AvgIpc) is 1.88. The van der Waals surface area contributed by atoms with Gasteiger partial charge in [0.25, 0.3) is 0 Å². The van der Waals surface area contributed by atoms with Gasteiger partial charge in [-0.25, -0.2) is 0 Å². The summed E-state index contributed by atoms with van der Waals surface area (Å²) >= 11 is 0. The number of benzene rings is 1. The van der Waals surface area contributed by atoms with E-state index in [2.05, 4.69) is 0 Å². The monoisotopic (exact) mass is 154 g/mol. The minimum Gasteiger partial charge on any atom is -0.369 e. The molecule has 0 aliphatic carbocycles. The van der Waals surface area contributed by atoms with Gasteiger partial charge >= 0.3 is 0 Å². The first-order chi connectivity index (χ1) is 4.70. The van der Waals surface area contributed by atoms with Crippen LogP contribution < -0.4 is 5.30 Å². The van der Waals surface area contributed by atoms with Crippen molar-refractivity contribution in [3.8, 4) is 0 Å². The first kappa shape index (κ1) is 7.71. The van der Waals surface area contributed by atoms with Crippen LogP contribution in [0.15, 0.2) is 24.3 Å². The van der Waals surface area contributed by atoms with Crippen LogP contribution in [0.25, 0.3) is 0 Å². The number of hydrogen-bond donors (Lipinski definition) is 1. The molecule has 54 valence electrons. The van der Waals surface area contributed by atoms with Crippen LogP contribution in [0.3, 0.4) is 0 Å². The van der Waals surface area contributed by atoms with Gasteiger partial charge in [-0.3, -0.25) is 0 Å². The molecule has 1 atom stereocenters. The van der Waals surface area contributed by atoms with E-state index in [0.29, 0.717) is 0 Å². The standard InChI is InChI=1S/C8H11OP/c1-7-4-3-5-8(6-7)10(2)9/h3-6,9H,1-2H3. The molecule has 0 saturated heterocycles. The second-order valence-corrected chi connectivity index (χ2v) is 3.93.